The molecule has 0 unspecified atom stereocenters. The van der Waals surface area contributed by atoms with E-state index >= 15 is 0 Å². The number of benzene rings is 2. The number of halogens is 8. The van der Waals surface area contributed by atoms with E-state index in [4.69, 9.17) is 11.6 Å². The van der Waals surface area contributed by atoms with Crippen molar-refractivity contribution in [2.24, 2.45) is 0 Å². The summed E-state index contributed by atoms with van der Waals surface area (Å²) in [6.07, 6.45) is -8.82. The highest BCUT2D eigenvalue weighted by atomic mass is 35.5. The van der Waals surface area contributed by atoms with Gasteiger partial charge in [-0.2, -0.15) is 22.0 Å². The molecule has 0 atom stereocenters. The first-order chi connectivity index (χ1) is 14.2. The lowest BCUT2D eigenvalue weighted by Crippen LogP contribution is -2.33. The molecule has 2 rings (SSSR count). The third kappa shape index (κ3) is 7.65. The number of nitrogens with one attached hydrogen (secondary N) is 1. The van der Waals surface area contributed by atoms with Crippen LogP contribution in [0.15, 0.2) is 47.4 Å². The Labute approximate surface area is 176 Å². The van der Waals surface area contributed by atoms with Crippen LogP contribution in [0.3, 0.4) is 0 Å². The molecule has 2 aromatic carbocycles. The van der Waals surface area contributed by atoms with E-state index in [1.807, 2.05) is 4.72 Å². The van der Waals surface area contributed by atoms with Gasteiger partial charge in [0.25, 0.3) is 10.0 Å². The molecule has 0 spiro atoms. The number of anilines is 1. The van der Waals surface area contributed by atoms with Crippen LogP contribution in [0.4, 0.5) is 36.4 Å². The fourth-order valence-corrected chi connectivity index (χ4v) is 3.20. The summed E-state index contributed by atoms with van der Waals surface area (Å²) in [7, 11) is -4.27. The number of alkyl halides is 7. The maximum atomic E-state index is 13.1. The van der Waals surface area contributed by atoms with Crippen molar-refractivity contribution in [3.63, 3.8) is 0 Å². The number of hydrogen-bond acceptors (Lipinski definition) is 4. The normalized spacial score (nSPS) is 12.7. The minimum Gasteiger partial charge on any atom is -0.487 e. The number of rotatable bonds is 9. The standard InChI is InChI=1S/C17H13ClF7NO4S/c18-10-1-3-14(4-2-10)31(27,28)26-11-5-12(29-8-16(21,22)15(19)20)7-13(6-11)30-9-17(23,24)25/h1-7,15,26H,8-9H2. The maximum Gasteiger partial charge on any atom is 0.422 e. The van der Waals surface area contributed by atoms with Crippen molar-refractivity contribution >= 4 is 27.3 Å². The zero-order valence-electron chi connectivity index (χ0n) is 15.1. The Bertz CT molecular complexity index is 999. The Morgan fingerprint density at radius 1 is 0.903 bits per heavy atom. The minimum absolute atomic E-state index is 0.233. The summed E-state index contributed by atoms with van der Waals surface area (Å²) < 4.78 is 124. The van der Waals surface area contributed by atoms with Gasteiger partial charge in [0.15, 0.2) is 13.2 Å². The summed E-state index contributed by atoms with van der Waals surface area (Å²) in [5.41, 5.74) is -0.426. The molecule has 5 nitrogen and oxygen atoms in total. The SMILES string of the molecule is O=S(=O)(Nc1cc(OCC(F)(F)F)cc(OCC(F)(F)C(F)F)c1)c1ccc(Cl)cc1. The smallest absolute Gasteiger partial charge is 0.422 e. The van der Waals surface area contributed by atoms with Gasteiger partial charge >= 0.3 is 18.5 Å². The highest BCUT2D eigenvalue weighted by molar-refractivity contribution is 7.92. The molecule has 0 aliphatic carbocycles. The second kappa shape index (κ2) is 9.39. The number of sulfonamides is 1. The van der Waals surface area contributed by atoms with Crippen molar-refractivity contribution in [1.29, 1.82) is 0 Å². The van der Waals surface area contributed by atoms with Crippen molar-refractivity contribution in [3.05, 3.63) is 47.5 Å². The molecular weight excluding hydrogens is 483 g/mol. The van der Waals surface area contributed by atoms with Crippen molar-refractivity contribution in [2.45, 2.75) is 23.4 Å². The second-order valence-electron chi connectivity index (χ2n) is 6.01. The van der Waals surface area contributed by atoms with E-state index in [0.717, 1.165) is 24.3 Å². The Morgan fingerprint density at radius 2 is 1.42 bits per heavy atom. The molecule has 2 aromatic rings. The van der Waals surface area contributed by atoms with Gasteiger partial charge in [-0.05, 0) is 24.3 Å². The molecule has 0 radical (unpaired) electrons. The largest absolute Gasteiger partial charge is 0.487 e. The molecule has 0 aliphatic rings. The van der Waals surface area contributed by atoms with Gasteiger partial charge in [0, 0.05) is 23.2 Å². The molecule has 0 bridgehead atoms. The topological polar surface area (TPSA) is 64.6 Å². The first-order valence-electron chi connectivity index (χ1n) is 8.10. The highest BCUT2D eigenvalue weighted by Gasteiger charge is 2.41. The van der Waals surface area contributed by atoms with Crippen LogP contribution in [0.5, 0.6) is 11.5 Å². The summed E-state index contributed by atoms with van der Waals surface area (Å²) in [5, 5.41) is 0.233. The molecular formula is C17H13ClF7NO4S. The predicted octanol–water partition coefficient (Wildman–Crippen LogP) is 5.36. The highest BCUT2D eigenvalue weighted by Crippen LogP contribution is 2.31. The number of hydrogen-bond donors (Lipinski definition) is 1. The monoisotopic (exact) mass is 495 g/mol. The van der Waals surface area contributed by atoms with Crippen LogP contribution in [-0.4, -0.2) is 40.2 Å². The lowest BCUT2D eigenvalue weighted by molar-refractivity contribution is -0.153. The van der Waals surface area contributed by atoms with Crippen LogP contribution in [0.2, 0.25) is 5.02 Å². The van der Waals surface area contributed by atoms with Gasteiger partial charge in [-0.15, -0.1) is 0 Å². The van der Waals surface area contributed by atoms with Crippen LogP contribution in [0, 0.1) is 0 Å². The summed E-state index contributed by atoms with van der Waals surface area (Å²) >= 11 is 5.67. The van der Waals surface area contributed by atoms with E-state index < -0.39 is 58.9 Å². The van der Waals surface area contributed by atoms with Crippen molar-refractivity contribution in [3.8, 4) is 11.5 Å². The van der Waals surface area contributed by atoms with Gasteiger partial charge in [-0.1, -0.05) is 11.6 Å². The van der Waals surface area contributed by atoms with E-state index in [-0.39, 0.29) is 9.92 Å². The Kier molecular flexibility index (Phi) is 7.53. The predicted molar refractivity (Wildman–Crippen MR) is 96.7 cm³/mol. The molecule has 0 saturated carbocycles. The fourth-order valence-electron chi connectivity index (χ4n) is 2.03. The zero-order valence-corrected chi connectivity index (χ0v) is 16.7. The van der Waals surface area contributed by atoms with Crippen molar-refractivity contribution in [2.75, 3.05) is 17.9 Å². The third-order valence-electron chi connectivity index (χ3n) is 3.41. The van der Waals surface area contributed by atoms with Gasteiger partial charge in [0.2, 0.25) is 0 Å². The Balaban J connectivity index is 2.32. The molecule has 0 heterocycles. The van der Waals surface area contributed by atoms with Crippen molar-refractivity contribution < 1.29 is 48.6 Å². The first-order valence-corrected chi connectivity index (χ1v) is 9.96. The average Bonchev–Trinajstić information content (AvgIpc) is 2.64. The fraction of sp³-hybridized carbons (Fsp3) is 0.294. The van der Waals surface area contributed by atoms with Crippen molar-refractivity contribution in [1.82, 2.24) is 0 Å². The van der Waals surface area contributed by atoms with Crippen LogP contribution in [0.1, 0.15) is 0 Å². The summed E-state index contributed by atoms with van der Waals surface area (Å²) in [5.74, 6) is -5.79. The first kappa shape index (κ1) is 24.9. The molecule has 0 aromatic heterocycles. The average molecular weight is 496 g/mol. The molecule has 0 amide bonds. The molecule has 14 heteroatoms. The van der Waals surface area contributed by atoms with Gasteiger partial charge < -0.3 is 9.47 Å². The quantitative estimate of drug-likeness (QED) is 0.476. The van der Waals surface area contributed by atoms with Gasteiger partial charge in [0.05, 0.1) is 10.6 Å². The molecule has 1 N–H and O–H groups in total. The summed E-state index contributed by atoms with van der Waals surface area (Å²) in [4.78, 5) is -0.273. The van der Waals surface area contributed by atoms with Crippen LogP contribution in [0.25, 0.3) is 0 Å². The number of ether oxygens (including phenoxy) is 2. The minimum atomic E-state index is -4.76. The Hall–Kier alpha value is -2.41. The van der Waals surface area contributed by atoms with Crippen LogP contribution in [-0.2, 0) is 10.0 Å². The van der Waals surface area contributed by atoms with Crippen LogP contribution < -0.4 is 14.2 Å². The molecule has 31 heavy (non-hydrogen) atoms. The summed E-state index contributed by atoms with van der Waals surface area (Å²) in [6.45, 7) is -3.59. The maximum absolute atomic E-state index is 13.1. The van der Waals surface area contributed by atoms with Gasteiger partial charge in [-0.25, -0.2) is 17.2 Å². The van der Waals surface area contributed by atoms with E-state index in [1.54, 1.807) is 0 Å². The van der Waals surface area contributed by atoms with E-state index in [1.165, 1.54) is 12.1 Å². The molecule has 0 aliphatic heterocycles. The third-order valence-corrected chi connectivity index (χ3v) is 5.06. The molecule has 172 valence electrons. The second-order valence-corrected chi connectivity index (χ2v) is 8.13. The lowest BCUT2D eigenvalue weighted by atomic mass is 10.3. The lowest BCUT2D eigenvalue weighted by Gasteiger charge is -2.18. The van der Waals surface area contributed by atoms with E-state index in [0.29, 0.717) is 6.07 Å². The molecule has 0 saturated heterocycles. The summed E-state index contributed by atoms with van der Waals surface area (Å²) in [6, 6.07) is 7.16. The van der Waals surface area contributed by atoms with Crippen LogP contribution >= 0.6 is 11.6 Å². The zero-order chi connectivity index (χ0) is 23.4. The van der Waals surface area contributed by atoms with Gasteiger partial charge in [0.1, 0.15) is 11.5 Å². The Morgan fingerprint density at radius 3 is 1.90 bits per heavy atom. The van der Waals surface area contributed by atoms with E-state index in [2.05, 4.69) is 9.47 Å². The van der Waals surface area contributed by atoms with Gasteiger partial charge in [-0.3, -0.25) is 4.72 Å². The molecule has 0 fully saturated rings. The van der Waals surface area contributed by atoms with E-state index in [9.17, 15) is 39.2 Å².